The van der Waals surface area contributed by atoms with Gasteiger partial charge in [-0.3, -0.25) is 0 Å². The van der Waals surface area contributed by atoms with Crippen molar-refractivity contribution in [2.24, 2.45) is 51.2 Å². The van der Waals surface area contributed by atoms with Crippen molar-refractivity contribution >= 4 is 0 Å². The monoisotopic (exact) mass is 440 g/mol. The lowest BCUT2D eigenvalue weighted by atomic mass is 9.41. The molecule has 0 aliphatic heterocycles. The minimum absolute atomic E-state index is 0.0349. The first-order chi connectivity index (χ1) is 14.8. The van der Waals surface area contributed by atoms with Gasteiger partial charge in [0.15, 0.2) is 0 Å². The van der Waals surface area contributed by atoms with Crippen LogP contribution in [-0.2, 0) is 0 Å². The first kappa shape index (κ1) is 24.6. The van der Waals surface area contributed by atoms with Crippen LogP contribution in [0.3, 0.4) is 0 Å². The Balaban J connectivity index is 1.61. The van der Waals surface area contributed by atoms with E-state index in [1.54, 1.807) is 5.57 Å². The zero-order valence-corrected chi connectivity index (χ0v) is 22.6. The summed E-state index contributed by atoms with van der Waals surface area (Å²) in [5, 5.41) is 10.8. The van der Waals surface area contributed by atoms with Crippen molar-refractivity contribution in [3.05, 3.63) is 23.8 Å². The predicted molar refractivity (Wildman–Crippen MR) is 137 cm³/mol. The van der Waals surface area contributed by atoms with Crippen LogP contribution >= 0.6 is 0 Å². The number of fused-ring (bicyclic) bond motifs is 5. The predicted octanol–water partition coefficient (Wildman–Crippen LogP) is 8.58. The van der Waals surface area contributed by atoms with Gasteiger partial charge in [0.2, 0.25) is 0 Å². The highest BCUT2D eigenvalue weighted by Gasteiger charge is 2.65. The number of hydrogen-bond acceptors (Lipinski definition) is 1. The van der Waals surface area contributed by atoms with E-state index in [1.807, 2.05) is 0 Å². The second kappa shape index (κ2) is 8.00. The van der Waals surface area contributed by atoms with E-state index in [1.165, 1.54) is 56.9 Å². The van der Waals surface area contributed by atoms with Gasteiger partial charge < -0.3 is 5.11 Å². The van der Waals surface area contributed by atoms with Gasteiger partial charge in [-0.05, 0) is 116 Å². The molecule has 0 aromatic rings. The maximum absolute atomic E-state index is 10.8. The van der Waals surface area contributed by atoms with Crippen LogP contribution in [0.25, 0.3) is 0 Å². The molecule has 0 spiro atoms. The molecule has 4 aliphatic rings. The smallest absolute Gasteiger partial charge is 0.0594 e. The molecule has 0 amide bonds. The molecule has 1 N–H and O–H groups in total. The summed E-state index contributed by atoms with van der Waals surface area (Å²) in [7, 11) is 0. The molecule has 4 rings (SSSR count). The zero-order chi connectivity index (χ0) is 23.7. The quantitative estimate of drug-likeness (QED) is 0.424. The standard InChI is InChI=1S/C31H52O/c1-20(2)21(3)10-11-22(4)23-14-18-31(9)25-12-13-26-28(5,6)27(32)16-17-29(26,7)24(25)15-19-30(23,31)8/h15,21-23,25-27,32H,1,10-14,16-19H2,2-9H3/t21-,22+,23+,25+,26-,27+,29+,30+,31-/m0/s1. The van der Waals surface area contributed by atoms with Gasteiger partial charge in [0.1, 0.15) is 0 Å². The molecule has 3 fully saturated rings. The molecule has 0 aromatic heterocycles. The molecule has 9 atom stereocenters. The molecule has 4 aliphatic carbocycles. The first-order valence-corrected chi connectivity index (χ1v) is 13.8. The fraction of sp³-hybridized carbons (Fsp3) is 0.871. The molecule has 1 heteroatoms. The van der Waals surface area contributed by atoms with Crippen LogP contribution in [-0.4, -0.2) is 11.2 Å². The van der Waals surface area contributed by atoms with E-state index >= 15 is 0 Å². The third kappa shape index (κ3) is 3.34. The largest absolute Gasteiger partial charge is 0.393 e. The molecule has 0 saturated heterocycles. The lowest BCUT2D eigenvalue weighted by Crippen LogP contribution is -2.57. The second-order valence-corrected chi connectivity index (χ2v) is 14.1. The highest BCUT2D eigenvalue weighted by Crippen LogP contribution is 2.73. The van der Waals surface area contributed by atoms with Crippen LogP contribution < -0.4 is 0 Å². The fourth-order valence-electron chi connectivity index (χ4n) is 9.63. The molecule has 0 bridgehead atoms. The van der Waals surface area contributed by atoms with Crippen molar-refractivity contribution in [2.45, 2.75) is 119 Å². The third-order valence-electron chi connectivity index (χ3n) is 12.4. The van der Waals surface area contributed by atoms with Crippen LogP contribution in [0.15, 0.2) is 23.8 Å². The zero-order valence-electron chi connectivity index (χ0n) is 22.6. The van der Waals surface area contributed by atoms with Crippen molar-refractivity contribution in [1.82, 2.24) is 0 Å². The van der Waals surface area contributed by atoms with Crippen LogP contribution in [0, 0.1) is 51.2 Å². The van der Waals surface area contributed by atoms with E-state index in [9.17, 15) is 5.11 Å². The summed E-state index contributed by atoms with van der Waals surface area (Å²) >= 11 is 0. The average Bonchev–Trinajstić information content (AvgIpc) is 3.00. The van der Waals surface area contributed by atoms with E-state index in [-0.39, 0.29) is 16.9 Å². The Morgan fingerprint density at radius 1 is 1.00 bits per heavy atom. The van der Waals surface area contributed by atoms with Crippen molar-refractivity contribution in [3.8, 4) is 0 Å². The molecular formula is C31H52O. The van der Waals surface area contributed by atoms with Crippen molar-refractivity contribution in [1.29, 1.82) is 0 Å². The average molecular weight is 441 g/mol. The molecule has 3 saturated carbocycles. The maximum atomic E-state index is 10.8. The number of hydrogen-bond donors (Lipinski definition) is 1. The summed E-state index contributed by atoms with van der Waals surface area (Å²) in [5.41, 5.74) is 4.33. The Labute approximate surface area is 199 Å². The van der Waals surface area contributed by atoms with Gasteiger partial charge >= 0.3 is 0 Å². The Morgan fingerprint density at radius 2 is 1.69 bits per heavy atom. The summed E-state index contributed by atoms with van der Waals surface area (Å²) in [4.78, 5) is 0. The molecule has 0 unspecified atom stereocenters. The Bertz CT molecular complexity index is 775. The lowest BCUT2D eigenvalue weighted by Gasteiger charge is -2.64. The van der Waals surface area contributed by atoms with Gasteiger partial charge in [-0.25, -0.2) is 0 Å². The summed E-state index contributed by atoms with van der Waals surface area (Å²) < 4.78 is 0. The van der Waals surface area contributed by atoms with E-state index in [0.717, 1.165) is 24.2 Å². The summed E-state index contributed by atoms with van der Waals surface area (Å²) in [5.74, 6) is 3.66. The maximum Gasteiger partial charge on any atom is 0.0594 e. The molecular weight excluding hydrogens is 388 g/mol. The lowest BCUT2D eigenvalue weighted by molar-refractivity contribution is -0.118. The van der Waals surface area contributed by atoms with Gasteiger partial charge in [0.25, 0.3) is 0 Å². The number of rotatable bonds is 5. The number of aliphatic hydroxyl groups is 1. The fourth-order valence-corrected chi connectivity index (χ4v) is 9.63. The van der Waals surface area contributed by atoms with E-state index in [4.69, 9.17) is 0 Å². The molecule has 1 nitrogen and oxygen atoms in total. The Hall–Kier alpha value is -0.560. The van der Waals surface area contributed by atoms with Gasteiger partial charge in [-0.15, -0.1) is 0 Å². The molecule has 0 aromatic carbocycles. The van der Waals surface area contributed by atoms with Crippen LogP contribution in [0.5, 0.6) is 0 Å². The highest BCUT2D eigenvalue weighted by atomic mass is 16.3. The summed E-state index contributed by atoms with van der Waals surface area (Å²) in [6, 6.07) is 0. The number of allylic oxidation sites excluding steroid dienone is 3. The van der Waals surface area contributed by atoms with E-state index < -0.39 is 0 Å². The van der Waals surface area contributed by atoms with Gasteiger partial charge in [0.05, 0.1) is 6.10 Å². The molecule has 182 valence electrons. The third-order valence-corrected chi connectivity index (χ3v) is 12.4. The normalized spacial score (nSPS) is 47.0. The van der Waals surface area contributed by atoms with E-state index in [0.29, 0.717) is 22.7 Å². The minimum Gasteiger partial charge on any atom is -0.393 e. The topological polar surface area (TPSA) is 20.2 Å². The van der Waals surface area contributed by atoms with Crippen molar-refractivity contribution in [3.63, 3.8) is 0 Å². The Morgan fingerprint density at radius 3 is 2.34 bits per heavy atom. The van der Waals surface area contributed by atoms with Crippen LogP contribution in [0.4, 0.5) is 0 Å². The summed E-state index contributed by atoms with van der Waals surface area (Å²) in [6.07, 6.45) is 14.1. The van der Waals surface area contributed by atoms with Crippen molar-refractivity contribution in [2.75, 3.05) is 0 Å². The van der Waals surface area contributed by atoms with E-state index in [2.05, 4.69) is 68.0 Å². The van der Waals surface area contributed by atoms with Gasteiger partial charge in [-0.2, -0.15) is 0 Å². The SMILES string of the molecule is C=C(C)[C@@H](C)CC[C@@H](C)[C@H]1CC[C@@]2(C)[C@@H]3CC[C@H]4C(C)(C)[C@H](O)CC[C@]4(C)C3=CC[C@]12C. The first-order valence-electron chi connectivity index (χ1n) is 13.8. The van der Waals surface area contributed by atoms with Crippen LogP contribution in [0.1, 0.15) is 113 Å². The van der Waals surface area contributed by atoms with Crippen molar-refractivity contribution < 1.29 is 5.11 Å². The Kier molecular flexibility index (Phi) is 6.14. The second-order valence-electron chi connectivity index (χ2n) is 14.1. The summed E-state index contributed by atoms with van der Waals surface area (Å²) in [6.45, 7) is 23.9. The van der Waals surface area contributed by atoms with Gasteiger partial charge in [-0.1, -0.05) is 72.3 Å². The minimum atomic E-state index is -0.138. The molecule has 0 heterocycles. The molecule has 32 heavy (non-hydrogen) atoms. The number of aliphatic hydroxyl groups excluding tert-OH is 1. The molecule has 0 radical (unpaired) electrons. The van der Waals surface area contributed by atoms with Gasteiger partial charge in [0, 0.05) is 0 Å². The highest BCUT2D eigenvalue weighted by molar-refractivity contribution is 5.32. The van der Waals surface area contributed by atoms with Crippen LogP contribution in [0.2, 0.25) is 0 Å².